The predicted molar refractivity (Wildman–Crippen MR) is 79.8 cm³/mol. The molecule has 5 heteroatoms. The maximum absolute atomic E-state index is 13.6. The number of hydrogen-bond donors (Lipinski definition) is 2. The molecule has 106 valence electrons. The van der Waals surface area contributed by atoms with E-state index in [0.29, 0.717) is 17.6 Å². The van der Waals surface area contributed by atoms with E-state index in [-0.39, 0.29) is 5.82 Å². The van der Waals surface area contributed by atoms with Crippen LogP contribution in [0.5, 0.6) is 0 Å². The van der Waals surface area contributed by atoms with E-state index < -0.39 is 0 Å². The molecule has 4 nitrogen and oxygen atoms in total. The molecule has 0 unspecified atom stereocenters. The Hall–Kier alpha value is -2.17. The summed E-state index contributed by atoms with van der Waals surface area (Å²) >= 11 is 0. The van der Waals surface area contributed by atoms with Crippen LogP contribution in [-0.2, 0) is 0 Å². The van der Waals surface area contributed by atoms with Gasteiger partial charge in [-0.15, -0.1) is 0 Å². The Balaban J connectivity index is 2.17. The zero-order valence-corrected chi connectivity index (χ0v) is 11.9. The van der Waals surface area contributed by atoms with Gasteiger partial charge in [0.05, 0.1) is 5.69 Å². The molecule has 0 radical (unpaired) electrons. The third-order valence-electron chi connectivity index (χ3n) is 2.67. The minimum absolute atomic E-state index is 0.325. The van der Waals surface area contributed by atoms with E-state index in [1.165, 1.54) is 6.07 Å². The summed E-state index contributed by atoms with van der Waals surface area (Å²) in [5.74, 6) is 1.33. The molecule has 0 bridgehead atoms. The van der Waals surface area contributed by atoms with Crippen LogP contribution in [0.15, 0.2) is 30.3 Å². The summed E-state index contributed by atoms with van der Waals surface area (Å²) in [4.78, 5) is 8.61. The standard InChI is InChI=1S/C15H19FN4/c1-10(2)9-17-14-8-11(3)18-15(20-14)19-13-7-5-4-6-12(13)16/h4-8,10H,9H2,1-3H3,(H2,17,18,19,20). The highest BCUT2D eigenvalue weighted by Crippen LogP contribution is 2.18. The van der Waals surface area contributed by atoms with E-state index in [9.17, 15) is 4.39 Å². The van der Waals surface area contributed by atoms with Crippen LogP contribution in [0.4, 0.5) is 21.8 Å². The first-order valence-corrected chi connectivity index (χ1v) is 6.65. The van der Waals surface area contributed by atoms with E-state index in [4.69, 9.17) is 0 Å². The average molecular weight is 274 g/mol. The summed E-state index contributed by atoms with van der Waals surface area (Å²) in [6.45, 7) is 6.96. The van der Waals surface area contributed by atoms with Gasteiger partial charge in [0.15, 0.2) is 0 Å². The molecule has 2 N–H and O–H groups in total. The Morgan fingerprint density at radius 3 is 2.65 bits per heavy atom. The fourth-order valence-corrected chi connectivity index (χ4v) is 1.71. The average Bonchev–Trinajstić information content (AvgIpc) is 2.38. The van der Waals surface area contributed by atoms with Gasteiger partial charge in [-0.2, -0.15) is 4.98 Å². The summed E-state index contributed by atoms with van der Waals surface area (Å²) in [6, 6.07) is 8.33. The number of anilines is 3. The smallest absolute Gasteiger partial charge is 0.229 e. The quantitative estimate of drug-likeness (QED) is 0.872. The largest absolute Gasteiger partial charge is 0.370 e. The van der Waals surface area contributed by atoms with E-state index in [0.717, 1.165) is 18.1 Å². The SMILES string of the molecule is Cc1cc(NCC(C)C)nc(Nc2ccccc2F)n1. The molecule has 0 spiro atoms. The number of hydrogen-bond acceptors (Lipinski definition) is 4. The van der Waals surface area contributed by atoms with Gasteiger partial charge in [-0.25, -0.2) is 9.37 Å². The molecule has 0 aliphatic heterocycles. The second-order valence-corrected chi connectivity index (χ2v) is 5.10. The fourth-order valence-electron chi connectivity index (χ4n) is 1.71. The third-order valence-corrected chi connectivity index (χ3v) is 2.67. The Labute approximate surface area is 118 Å². The van der Waals surface area contributed by atoms with Crippen molar-refractivity contribution in [3.8, 4) is 0 Å². The van der Waals surface area contributed by atoms with E-state index in [1.54, 1.807) is 18.2 Å². The zero-order valence-electron chi connectivity index (χ0n) is 11.9. The molecule has 0 atom stereocenters. The molecule has 0 aliphatic carbocycles. The number of aryl methyl sites for hydroxylation is 1. The first kappa shape index (κ1) is 14.2. The molecule has 1 heterocycles. The molecule has 1 aromatic carbocycles. The van der Waals surface area contributed by atoms with Crippen molar-refractivity contribution in [2.45, 2.75) is 20.8 Å². The van der Waals surface area contributed by atoms with Crippen LogP contribution in [0.2, 0.25) is 0 Å². The van der Waals surface area contributed by atoms with Crippen LogP contribution < -0.4 is 10.6 Å². The normalized spacial score (nSPS) is 10.7. The molecule has 0 saturated heterocycles. The van der Waals surface area contributed by atoms with Crippen LogP contribution in [0, 0.1) is 18.7 Å². The zero-order chi connectivity index (χ0) is 14.5. The maximum Gasteiger partial charge on any atom is 0.229 e. The monoisotopic (exact) mass is 274 g/mol. The van der Waals surface area contributed by atoms with Gasteiger partial charge in [0.1, 0.15) is 11.6 Å². The van der Waals surface area contributed by atoms with Crippen LogP contribution >= 0.6 is 0 Å². The van der Waals surface area contributed by atoms with Crippen LogP contribution in [0.3, 0.4) is 0 Å². The number of nitrogens with one attached hydrogen (secondary N) is 2. The molecule has 0 amide bonds. The highest BCUT2D eigenvalue weighted by molar-refractivity contribution is 5.55. The topological polar surface area (TPSA) is 49.8 Å². The van der Waals surface area contributed by atoms with Crippen LogP contribution in [-0.4, -0.2) is 16.5 Å². The van der Waals surface area contributed by atoms with Gasteiger partial charge in [0.2, 0.25) is 5.95 Å². The molecule has 2 aromatic rings. The summed E-state index contributed by atoms with van der Waals surface area (Å²) < 4.78 is 13.6. The highest BCUT2D eigenvalue weighted by atomic mass is 19.1. The van der Waals surface area contributed by atoms with Crippen molar-refractivity contribution in [1.29, 1.82) is 0 Å². The van der Waals surface area contributed by atoms with Crippen molar-refractivity contribution in [2.75, 3.05) is 17.2 Å². The number of halogens is 1. The highest BCUT2D eigenvalue weighted by Gasteiger charge is 2.06. The molecule has 0 saturated carbocycles. The fraction of sp³-hybridized carbons (Fsp3) is 0.333. The second-order valence-electron chi connectivity index (χ2n) is 5.10. The van der Waals surface area contributed by atoms with E-state index in [2.05, 4.69) is 34.4 Å². The minimum atomic E-state index is -0.325. The van der Waals surface area contributed by atoms with Gasteiger partial charge >= 0.3 is 0 Å². The Bertz CT molecular complexity index is 584. The van der Waals surface area contributed by atoms with Crippen molar-refractivity contribution in [2.24, 2.45) is 5.92 Å². The van der Waals surface area contributed by atoms with Gasteiger partial charge < -0.3 is 10.6 Å². The third kappa shape index (κ3) is 3.91. The van der Waals surface area contributed by atoms with Crippen LogP contribution in [0.25, 0.3) is 0 Å². The van der Waals surface area contributed by atoms with Crippen molar-refractivity contribution in [3.05, 3.63) is 41.8 Å². The number of nitrogens with zero attached hydrogens (tertiary/aromatic N) is 2. The Morgan fingerprint density at radius 1 is 1.20 bits per heavy atom. The molecule has 0 aliphatic rings. The van der Waals surface area contributed by atoms with Gasteiger partial charge in [0.25, 0.3) is 0 Å². The lowest BCUT2D eigenvalue weighted by atomic mass is 10.2. The maximum atomic E-state index is 13.6. The number of aromatic nitrogens is 2. The van der Waals surface area contributed by atoms with Crippen molar-refractivity contribution in [3.63, 3.8) is 0 Å². The molecular formula is C15H19FN4. The van der Waals surface area contributed by atoms with E-state index >= 15 is 0 Å². The van der Waals surface area contributed by atoms with Gasteiger partial charge in [-0.1, -0.05) is 26.0 Å². The van der Waals surface area contributed by atoms with Crippen LogP contribution in [0.1, 0.15) is 19.5 Å². The van der Waals surface area contributed by atoms with Crippen molar-refractivity contribution < 1.29 is 4.39 Å². The summed E-state index contributed by atoms with van der Waals surface area (Å²) in [5, 5.41) is 6.14. The first-order chi connectivity index (χ1) is 9.54. The second kappa shape index (κ2) is 6.32. The lowest BCUT2D eigenvalue weighted by molar-refractivity contribution is 0.631. The molecular weight excluding hydrogens is 255 g/mol. The van der Waals surface area contributed by atoms with Crippen molar-refractivity contribution in [1.82, 2.24) is 9.97 Å². The number of benzene rings is 1. The molecule has 0 fully saturated rings. The molecule has 20 heavy (non-hydrogen) atoms. The van der Waals surface area contributed by atoms with Gasteiger partial charge in [0, 0.05) is 18.3 Å². The lowest BCUT2D eigenvalue weighted by Crippen LogP contribution is -2.11. The number of para-hydroxylation sites is 1. The van der Waals surface area contributed by atoms with Crippen molar-refractivity contribution >= 4 is 17.5 Å². The predicted octanol–water partition coefficient (Wildman–Crippen LogP) is 3.74. The number of rotatable bonds is 5. The Morgan fingerprint density at radius 2 is 1.95 bits per heavy atom. The lowest BCUT2D eigenvalue weighted by Gasteiger charge is -2.11. The van der Waals surface area contributed by atoms with Gasteiger partial charge in [-0.05, 0) is 25.0 Å². The molecule has 1 aromatic heterocycles. The Kier molecular flexibility index (Phi) is 4.50. The summed E-state index contributed by atoms with van der Waals surface area (Å²) in [7, 11) is 0. The molecule has 2 rings (SSSR count). The van der Waals surface area contributed by atoms with E-state index in [1.807, 2.05) is 13.0 Å². The summed E-state index contributed by atoms with van der Waals surface area (Å²) in [6.07, 6.45) is 0. The first-order valence-electron chi connectivity index (χ1n) is 6.65. The minimum Gasteiger partial charge on any atom is -0.370 e. The summed E-state index contributed by atoms with van der Waals surface area (Å²) in [5.41, 5.74) is 1.19. The van der Waals surface area contributed by atoms with Gasteiger partial charge in [-0.3, -0.25) is 0 Å².